The van der Waals surface area contributed by atoms with Crippen molar-refractivity contribution in [3.8, 4) is 0 Å². The molecule has 0 aromatic carbocycles. The standard InChI is InChI=1S/H3O4P.3Rh/c1-5(2,3)4;;;/h(H3,1,2,3,4);;;/p-3. The van der Waals surface area contributed by atoms with E-state index in [1.807, 2.05) is 0 Å². The van der Waals surface area contributed by atoms with Gasteiger partial charge in [-0.25, -0.2) is 8.17 Å². The largest absolute Gasteiger partial charge is 0.692 e. The van der Waals surface area contributed by atoms with Crippen LogP contribution in [0.5, 0.6) is 0 Å². The first-order valence-corrected chi connectivity index (χ1v) is 2.19. The summed E-state index contributed by atoms with van der Waals surface area (Å²) in [4.78, 5) is 34.2. The van der Waals surface area contributed by atoms with Gasteiger partial charge in [-0.3, -0.25) is 0 Å². The fraction of sp³-hybridized carbons (Fsp3) is 0. The van der Waals surface area contributed by atoms with E-state index >= 15 is 0 Å². The van der Waals surface area contributed by atoms with Gasteiger partial charge in [0.25, 0.3) is 0 Å². The van der Waals surface area contributed by atoms with E-state index in [0.717, 1.165) is 0 Å². The summed E-state index contributed by atoms with van der Waals surface area (Å²) in [6.45, 7) is 0. The predicted octanol–water partition coefficient (Wildman–Crippen LogP) is -3.90. The molecule has 0 unspecified atom stereocenters. The molecule has 0 aromatic rings. The summed E-state index contributed by atoms with van der Waals surface area (Å²) in [6.07, 6.45) is 0. The molecule has 0 bridgehead atoms. The van der Waals surface area contributed by atoms with E-state index in [-0.39, 0.29) is 58.4 Å². The Labute approximate surface area is 85.6 Å². The Morgan fingerprint density at radius 2 is 0.625 bits per heavy atom. The molecule has 0 N–H and O–H groups in total. The van der Waals surface area contributed by atoms with Gasteiger partial charge < -0.3 is 19.6 Å². The smallest absolute Gasteiger partial charge is 0 e. The molecular weight excluding hydrogens is 404 g/mol. The first-order chi connectivity index (χ1) is 2.00. The molecule has 0 aliphatic heterocycles. The van der Waals surface area contributed by atoms with E-state index in [2.05, 4.69) is 0 Å². The van der Waals surface area contributed by atoms with Crippen LogP contribution in [0.3, 0.4) is 0 Å². The molecule has 0 aliphatic carbocycles. The van der Waals surface area contributed by atoms with Gasteiger partial charge in [-0.2, -0.15) is 0 Å². The Morgan fingerprint density at radius 3 is 0.625 bits per heavy atom. The summed E-state index contributed by atoms with van der Waals surface area (Å²) in [5.41, 5.74) is 0. The van der Waals surface area contributed by atoms with Crippen molar-refractivity contribution in [1.82, 2.24) is 0 Å². The average molecular weight is 404 g/mol. The SMILES string of the molecule is [O-][P+]([O-])([O-])[O-].[Rh].[Rh].[Rh]. The van der Waals surface area contributed by atoms with Gasteiger partial charge in [0, 0.05) is 58.4 Å². The van der Waals surface area contributed by atoms with E-state index in [4.69, 9.17) is 19.6 Å². The summed E-state index contributed by atoms with van der Waals surface area (Å²) in [5.74, 6) is 0. The Balaban J connectivity index is -0.0000000267. The molecule has 0 spiro atoms. The molecule has 3 radical (unpaired) electrons. The monoisotopic (exact) mass is 404 g/mol. The Kier molecular flexibility index (Phi) is 25.7. The molecule has 0 saturated heterocycles. The van der Waals surface area contributed by atoms with Crippen molar-refractivity contribution in [3.63, 3.8) is 0 Å². The van der Waals surface area contributed by atoms with Crippen LogP contribution < -0.4 is 19.6 Å². The summed E-state index contributed by atoms with van der Waals surface area (Å²) >= 11 is 0. The third-order valence-electron chi connectivity index (χ3n) is 0. The second-order valence-corrected chi connectivity index (χ2v) is 1.34. The van der Waals surface area contributed by atoms with Crippen molar-refractivity contribution in [2.24, 2.45) is 0 Å². The van der Waals surface area contributed by atoms with Gasteiger partial charge in [-0.05, 0) is 0 Å². The maximum absolute atomic E-state index is 8.55. The molecule has 0 heterocycles. The van der Waals surface area contributed by atoms with Crippen LogP contribution in [0, 0.1) is 0 Å². The maximum Gasteiger partial charge on any atom is 0 e. The topological polar surface area (TPSA) is 92.2 Å². The van der Waals surface area contributed by atoms with Crippen LogP contribution in [0.25, 0.3) is 0 Å². The molecule has 0 aliphatic rings. The fourth-order valence-electron chi connectivity index (χ4n) is 0. The molecule has 4 nitrogen and oxygen atoms in total. The third-order valence-corrected chi connectivity index (χ3v) is 0. The fourth-order valence-corrected chi connectivity index (χ4v) is 0. The summed E-state index contributed by atoms with van der Waals surface area (Å²) < 4.78 is 0. The Hall–Kier alpha value is 2.14. The van der Waals surface area contributed by atoms with E-state index in [1.165, 1.54) is 0 Å². The first-order valence-electron chi connectivity index (χ1n) is 0.730. The Morgan fingerprint density at radius 1 is 0.625 bits per heavy atom. The van der Waals surface area contributed by atoms with Crippen LogP contribution in [-0.2, 0) is 58.4 Å². The number of rotatable bonds is 0. The molecule has 0 rings (SSSR count). The van der Waals surface area contributed by atoms with Crippen molar-refractivity contribution in [2.75, 3.05) is 0 Å². The Bertz CT molecular complexity index is 26.8. The average Bonchev–Trinajstić information content (AvgIpc) is 0.722. The van der Waals surface area contributed by atoms with Gasteiger partial charge in [-0.15, -0.1) is 0 Å². The molecule has 0 atom stereocenters. The van der Waals surface area contributed by atoms with Crippen molar-refractivity contribution in [2.45, 2.75) is 0 Å². The molecule has 0 aromatic heterocycles. The van der Waals surface area contributed by atoms with Crippen molar-refractivity contribution < 1.29 is 78.0 Å². The third kappa shape index (κ3) is 90.6. The summed E-state index contributed by atoms with van der Waals surface area (Å²) in [6, 6.07) is 0. The molecular formula is O4PRh3-3. The summed E-state index contributed by atoms with van der Waals surface area (Å²) in [7, 11) is -5.39. The van der Waals surface area contributed by atoms with Gasteiger partial charge in [0.1, 0.15) is 0 Å². The zero-order valence-electron chi connectivity index (χ0n) is 3.08. The molecule has 0 saturated carbocycles. The van der Waals surface area contributed by atoms with Gasteiger partial charge in [-0.1, -0.05) is 0 Å². The van der Waals surface area contributed by atoms with Gasteiger partial charge >= 0.3 is 0 Å². The molecule has 0 fully saturated rings. The predicted molar refractivity (Wildman–Crippen MR) is 6.92 cm³/mol. The molecule has 8 heavy (non-hydrogen) atoms. The zero-order valence-corrected chi connectivity index (χ0v) is 8.89. The van der Waals surface area contributed by atoms with Crippen LogP contribution in [0.1, 0.15) is 0 Å². The van der Waals surface area contributed by atoms with Crippen molar-refractivity contribution >= 4 is 8.17 Å². The summed E-state index contributed by atoms with van der Waals surface area (Å²) in [5, 5.41) is 0. The van der Waals surface area contributed by atoms with E-state index in [0.29, 0.717) is 0 Å². The minimum atomic E-state index is -5.39. The van der Waals surface area contributed by atoms with Crippen LogP contribution in [-0.4, -0.2) is 0 Å². The van der Waals surface area contributed by atoms with Gasteiger partial charge in [0.2, 0.25) is 0 Å². The normalized spacial score (nSPS) is 7.50. The zero-order chi connectivity index (χ0) is 4.50. The van der Waals surface area contributed by atoms with Crippen molar-refractivity contribution in [3.05, 3.63) is 0 Å². The van der Waals surface area contributed by atoms with Crippen LogP contribution in [0.15, 0.2) is 0 Å². The molecule has 8 heteroatoms. The minimum Gasteiger partial charge on any atom is -0.692 e. The van der Waals surface area contributed by atoms with E-state index in [1.54, 1.807) is 0 Å². The molecule has 59 valence electrons. The van der Waals surface area contributed by atoms with E-state index < -0.39 is 8.17 Å². The second-order valence-electron chi connectivity index (χ2n) is 0.447. The van der Waals surface area contributed by atoms with Crippen LogP contribution in [0.4, 0.5) is 0 Å². The van der Waals surface area contributed by atoms with E-state index in [9.17, 15) is 0 Å². The first kappa shape index (κ1) is 22.5. The van der Waals surface area contributed by atoms with Gasteiger partial charge in [0.15, 0.2) is 0 Å². The second kappa shape index (κ2) is 9.14. The quantitative estimate of drug-likeness (QED) is 0.305. The van der Waals surface area contributed by atoms with Crippen LogP contribution >= 0.6 is 8.17 Å². The number of phosphoric acid groups is 1. The minimum absolute atomic E-state index is 0. The number of hydrogen-bond acceptors (Lipinski definition) is 4. The van der Waals surface area contributed by atoms with Crippen molar-refractivity contribution in [1.29, 1.82) is 0 Å². The maximum atomic E-state index is 8.55. The van der Waals surface area contributed by atoms with Crippen LogP contribution in [0.2, 0.25) is 0 Å². The number of hydrogen-bond donors (Lipinski definition) is 0. The molecule has 0 amide bonds. The van der Waals surface area contributed by atoms with Gasteiger partial charge in [0.05, 0.1) is 0 Å².